The van der Waals surface area contributed by atoms with Gasteiger partial charge in [0.1, 0.15) is 18.2 Å². The molecule has 0 fully saturated rings. The van der Waals surface area contributed by atoms with Crippen LogP contribution in [0.2, 0.25) is 0 Å². The fraction of sp³-hybridized carbons (Fsp3) is 0.444. The Bertz CT molecular complexity index is 745. The van der Waals surface area contributed by atoms with E-state index in [0.29, 0.717) is 26.3 Å². The number of ether oxygens (including phenoxy) is 2. The summed E-state index contributed by atoms with van der Waals surface area (Å²) in [7, 11) is 1.92. The maximum absolute atomic E-state index is 11.8. The van der Waals surface area contributed by atoms with Crippen LogP contribution in [0.5, 0.6) is 11.5 Å². The van der Waals surface area contributed by atoms with E-state index in [4.69, 9.17) is 9.47 Å². The van der Waals surface area contributed by atoms with Gasteiger partial charge in [-0.15, -0.1) is 11.3 Å². The average Bonchev–Trinajstić information content (AvgIpc) is 3.01. The van der Waals surface area contributed by atoms with Crippen molar-refractivity contribution in [3.8, 4) is 22.8 Å². The molecule has 6 nitrogen and oxygen atoms in total. The van der Waals surface area contributed by atoms with Crippen LogP contribution in [0.1, 0.15) is 18.9 Å². The van der Waals surface area contributed by atoms with Crippen molar-refractivity contribution in [3.05, 3.63) is 28.6 Å². The van der Waals surface area contributed by atoms with E-state index in [1.54, 1.807) is 11.3 Å². The van der Waals surface area contributed by atoms with E-state index in [0.717, 1.165) is 27.8 Å². The highest BCUT2D eigenvalue weighted by Crippen LogP contribution is 2.34. The molecule has 1 aliphatic heterocycles. The number of carbonyl (C=O) groups excluding carboxylic acids is 1. The van der Waals surface area contributed by atoms with E-state index >= 15 is 0 Å². The minimum atomic E-state index is 0.0288. The maximum Gasteiger partial charge on any atom is 0.234 e. The zero-order chi connectivity index (χ0) is 17.8. The molecule has 1 amide bonds. The monoisotopic (exact) mass is 361 g/mol. The van der Waals surface area contributed by atoms with Gasteiger partial charge in [-0.3, -0.25) is 9.69 Å². The predicted molar refractivity (Wildman–Crippen MR) is 98.2 cm³/mol. The Labute approximate surface area is 151 Å². The maximum atomic E-state index is 11.8. The fourth-order valence-electron chi connectivity index (χ4n) is 2.62. The van der Waals surface area contributed by atoms with Crippen molar-refractivity contribution in [2.24, 2.45) is 0 Å². The SMILES string of the molecule is CC(C)NC(=O)CN(C)Cc1nc(-c2ccc3c(c2)OCCO3)cs1. The Balaban J connectivity index is 1.63. The normalized spacial score (nSPS) is 13.3. The van der Waals surface area contributed by atoms with Gasteiger partial charge in [0.25, 0.3) is 0 Å². The second-order valence-corrected chi connectivity index (χ2v) is 7.32. The van der Waals surface area contributed by atoms with Crippen molar-refractivity contribution in [1.82, 2.24) is 15.2 Å². The lowest BCUT2D eigenvalue weighted by molar-refractivity contribution is -0.122. The van der Waals surface area contributed by atoms with E-state index in [9.17, 15) is 4.79 Å². The average molecular weight is 361 g/mol. The number of nitrogens with zero attached hydrogens (tertiary/aromatic N) is 2. The van der Waals surface area contributed by atoms with Crippen LogP contribution in [0.15, 0.2) is 23.6 Å². The van der Waals surface area contributed by atoms with Gasteiger partial charge in [0.05, 0.1) is 18.8 Å². The van der Waals surface area contributed by atoms with Crippen LogP contribution in [0.25, 0.3) is 11.3 Å². The van der Waals surface area contributed by atoms with Gasteiger partial charge in [0.15, 0.2) is 11.5 Å². The molecule has 0 aliphatic carbocycles. The van der Waals surface area contributed by atoms with E-state index < -0.39 is 0 Å². The molecule has 0 spiro atoms. The summed E-state index contributed by atoms with van der Waals surface area (Å²) in [6, 6.07) is 6.03. The number of carbonyl (C=O) groups is 1. The molecular formula is C18H23N3O3S. The molecule has 1 aromatic heterocycles. The van der Waals surface area contributed by atoms with Gasteiger partial charge in [0, 0.05) is 17.0 Å². The first-order chi connectivity index (χ1) is 12.0. The smallest absolute Gasteiger partial charge is 0.234 e. The first-order valence-electron chi connectivity index (χ1n) is 8.33. The van der Waals surface area contributed by atoms with Gasteiger partial charge in [-0.2, -0.15) is 0 Å². The molecule has 0 bridgehead atoms. The van der Waals surface area contributed by atoms with Crippen molar-refractivity contribution in [1.29, 1.82) is 0 Å². The summed E-state index contributed by atoms with van der Waals surface area (Å²) in [5.41, 5.74) is 1.92. The second kappa shape index (κ2) is 7.84. The number of hydrogen-bond donors (Lipinski definition) is 1. The third-order valence-electron chi connectivity index (χ3n) is 3.66. The highest BCUT2D eigenvalue weighted by molar-refractivity contribution is 7.09. The quantitative estimate of drug-likeness (QED) is 0.857. The number of thiazole rings is 1. The molecule has 0 saturated carbocycles. The predicted octanol–water partition coefficient (Wildman–Crippen LogP) is 2.54. The largest absolute Gasteiger partial charge is 0.486 e. The van der Waals surface area contributed by atoms with Crippen molar-refractivity contribution < 1.29 is 14.3 Å². The lowest BCUT2D eigenvalue weighted by atomic mass is 10.1. The Kier molecular flexibility index (Phi) is 5.55. The Morgan fingerprint density at radius 1 is 1.32 bits per heavy atom. The van der Waals surface area contributed by atoms with Crippen molar-refractivity contribution in [3.63, 3.8) is 0 Å². The molecule has 1 aliphatic rings. The van der Waals surface area contributed by atoms with Crippen molar-refractivity contribution in [2.45, 2.75) is 26.4 Å². The van der Waals surface area contributed by atoms with Crippen LogP contribution in [-0.2, 0) is 11.3 Å². The van der Waals surface area contributed by atoms with E-state index in [-0.39, 0.29) is 11.9 Å². The third-order valence-corrected chi connectivity index (χ3v) is 4.49. The zero-order valence-corrected chi connectivity index (χ0v) is 15.6. The number of amides is 1. The summed E-state index contributed by atoms with van der Waals surface area (Å²) < 4.78 is 11.2. The second-order valence-electron chi connectivity index (χ2n) is 6.38. The number of likely N-dealkylation sites (N-methyl/N-ethyl adjacent to an activating group) is 1. The lowest BCUT2D eigenvalue weighted by Crippen LogP contribution is -2.38. The van der Waals surface area contributed by atoms with Crippen LogP contribution in [0.4, 0.5) is 0 Å². The number of benzene rings is 1. The minimum Gasteiger partial charge on any atom is -0.486 e. The molecule has 7 heteroatoms. The van der Waals surface area contributed by atoms with Crippen LogP contribution < -0.4 is 14.8 Å². The number of nitrogens with one attached hydrogen (secondary N) is 1. The summed E-state index contributed by atoms with van der Waals surface area (Å²) in [5.74, 6) is 1.57. The van der Waals surface area contributed by atoms with Crippen LogP contribution in [0, 0.1) is 0 Å². The van der Waals surface area contributed by atoms with Crippen molar-refractivity contribution >= 4 is 17.2 Å². The molecule has 0 saturated heterocycles. The highest BCUT2D eigenvalue weighted by Gasteiger charge is 2.15. The summed E-state index contributed by atoms with van der Waals surface area (Å²) in [6.07, 6.45) is 0. The summed E-state index contributed by atoms with van der Waals surface area (Å²) >= 11 is 1.59. The summed E-state index contributed by atoms with van der Waals surface area (Å²) in [4.78, 5) is 18.5. The highest BCUT2D eigenvalue weighted by atomic mass is 32.1. The number of hydrogen-bond acceptors (Lipinski definition) is 6. The number of fused-ring (bicyclic) bond motifs is 1. The third kappa shape index (κ3) is 4.70. The minimum absolute atomic E-state index is 0.0288. The zero-order valence-electron chi connectivity index (χ0n) is 14.7. The molecule has 2 heterocycles. The van der Waals surface area contributed by atoms with E-state index in [2.05, 4.69) is 10.3 Å². The van der Waals surface area contributed by atoms with Gasteiger partial charge < -0.3 is 14.8 Å². The van der Waals surface area contributed by atoms with Crippen LogP contribution in [0.3, 0.4) is 0 Å². The molecule has 3 rings (SSSR count). The molecule has 1 aromatic carbocycles. The summed E-state index contributed by atoms with van der Waals surface area (Å²) in [5, 5.41) is 5.90. The Morgan fingerprint density at radius 3 is 2.84 bits per heavy atom. The van der Waals surface area contributed by atoms with E-state index in [1.165, 1.54) is 0 Å². The number of aromatic nitrogens is 1. The van der Waals surface area contributed by atoms with Crippen molar-refractivity contribution in [2.75, 3.05) is 26.8 Å². The van der Waals surface area contributed by atoms with Gasteiger partial charge in [0.2, 0.25) is 5.91 Å². The molecule has 1 N–H and O–H groups in total. The topological polar surface area (TPSA) is 63.7 Å². The first kappa shape index (κ1) is 17.7. The van der Waals surface area contributed by atoms with Gasteiger partial charge in [-0.1, -0.05) is 0 Å². The Morgan fingerprint density at radius 2 is 2.08 bits per heavy atom. The van der Waals surface area contributed by atoms with E-state index in [1.807, 2.05) is 49.4 Å². The fourth-order valence-corrected chi connectivity index (χ4v) is 3.50. The molecule has 0 atom stereocenters. The standard InChI is InChI=1S/C18H23N3O3S/c1-12(2)19-17(22)9-21(3)10-18-20-14(11-25-18)13-4-5-15-16(8-13)24-7-6-23-15/h4-5,8,11-12H,6-7,9-10H2,1-3H3,(H,19,22). The molecule has 2 aromatic rings. The van der Waals surface area contributed by atoms with Crippen LogP contribution in [-0.4, -0.2) is 48.6 Å². The van der Waals surface area contributed by atoms with Gasteiger partial charge in [-0.05, 0) is 39.1 Å². The van der Waals surface area contributed by atoms with Gasteiger partial charge >= 0.3 is 0 Å². The Hall–Kier alpha value is -2.12. The first-order valence-corrected chi connectivity index (χ1v) is 9.21. The molecule has 0 unspecified atom stereocenters. The summed E-state index contributed by atoms with van der Waals surface area (Å²) in [6.45, 7) is 6.07. The molecule has 134 valence electrons. The van der Waals surface area contributed by atoms with Crippen LogP contribution >= 0.6 is 11.3 Å². The number of rotatable bonds is 6. The van der Waals surface area contributed by atoms with Gasteiger partial charge in [-0.25, -0.2) is 4.98 Å². The molecule has 25 heavy (non-hydrogen) atoms. The molecule has 0 radical (unpaired) electrons. The molecular weight excluding hydrogens is 338 g/mol. The lowest BCUT2D eigenvalue weighted by Gasteiger charge is -2.18.